The highest BCUT2D eigenvalue weighted by Crippen LogP contribution is 2.39. The lowest BCUT2D eigenvalue weighted by atomic mass is 9.99. The van der Waals surface area contributed by atoms with Crippen molar-refractivity contribution in [3.05, 3.63) is 77.4 Å². The number of phenols is 1. The number of aromatic hydroxyl groups is 1. The Labute approximate surface area is 196 Å². The number of nitrogens with two attached hydrogens (primary N) is 1. The molecule has 0 spiro atoms. The van der Waals surface area contributed by atoms with Gasteiger partial charge in [0.2, 0.25) is 5.95 Å². The molecule has 8 heteroatoms. The fraction of sp³-hybridized carbons (Fsp3) is 0.120. The Kier molecular flexibility index (Phi) is 6.51. The lowest BCUT2D eigenvalue weighted by molar-refractivity contribution is 0.304. The van der Waals surface area contributed by atoms with Crippen LogP contribution in [-0.4, -0.2) is 29.3 Å². The van der Waals surface area contributed by atoms with Crippen LogP contribution < -0.4 is 19.9 Å². The van der Waals surface area contributed by atoms with Crippen molar-refractivity contribution in [2.24, 2.45) is 0 Å². The third kappa shape index (κ3) is 4.94. The van der Waals surface area contributed by atoms with Crippen LogP contribution in [0.1, 0.15) is 5.56 Å². The minimum Gasteiger partial charge on any atom is -0.507 e. The number of aromatic nitrogens is 2. The second-order valence-corrected chi connectivity index (χ2v) is 7.59. The molecule has 1 aromatic heterocycles. The van der Waals surface area contributed by atoms with Gasteiger partial charge in [-0.05, 0) is 47.5 Å². The van der Waals surface area contributed by atoms with Gasteiger partial charge in [-0.15, -0.1) is 0 Å². The zero-order valence-electron chi connectivity index (χ0n) is 18.1. The molecular formula is C25H22ClN3O4. The predicted molar refractivity (Wildman–Crippen MR) is 128 cm³/mol. The molecule has 0 saturated carbocycles. The first-order chi connectivity index (χ1) is 16.0. The summed E-state index contributed by atoms with van der Waals surface area (Å²) in [4.78, 5) is 8.53. The van der Waals surface area contributed by atoms with E-state index < -0.39 is 0 Å². The van der Waals surface area contributed by atoms with Crippen molar-refractivity contribution in [1.82, 2.24) is 9.97 Å². The number of anilines is 1. The van der Waals surface area contributed by atoms with Gasteiger partial charge in [0.15, 0.2) is 11.5 Å². The first-order valence-corrected chi connectivity index (χ1v) is 10.4. The zero-order chi connectivity index (χ0) is 23.4. The van der Waals surface area contributed by atoms with Crippen molar-refractivity contribution in [2.45, 2.75) is 6.61 Å². The molecule has 168 valence electrons. The second-order valence-electron chi connectivity index (χ2n) is 7.15. The minimum absolute atomic E-state index is 0.00318. The third-order valence-corrected chi connectivity index (χ3v) is 5.30. The van der Waals surface area contributed by atoms with Gasteiger partial charge in [-0.1, -0.05) is 29.8 Å². The van der Waals surface area contributed by atoms with Crippen molar-refractivity contribution in [1.29, 1.82) is 0 Å². The van der Waals surface area contributed by atoms with Crippen molar-refractivity contribution < 1.29 is 19.3 Å². The van der Waals surface area contributed by atoms with Crippen LogP contribution in [0.5, 0.6) is 23.0 Å². The van der Waals surface area contributed by atoms with Gasteiger partial charge >= 0.3 is 0 Å². The summed E-state index contributed by atoms with van der Waals surface area (Å²) in [5, 5.41) is 11.4. The van der Waals surface area contributed by atoms with E-state index in [1.165, 1.54) is 0 Å². The van der Waals surface area contributed by atoms with Gasteiger partial charge in [-0.25, -0.2) is 9.97 Å². The standard InChI is InChI=1S/C25H22ClN3O4/c1-31-22-10-5-16(11-23(22)32-2)20-13-28-25(27)29-24(20)19-9-8-18(12-21(19)30)33-14-15-3-6-17(26)7-4-15/h3-13,30H,14H2,1-2H3,(H2,27,28,29). The Morgan fingerprint density at radius 2 is 1.67 bits per heavy atom. The second kappa shape index (κ2) is 9.67. The molecule has 0 aliphatic rings. The molecule has 0 radical (unpaired) electrons. The summed E-state index contributed by atoms with van der Waals surface area (Å²) >= 11 is 5.92. The summed E-state index contributed by atoms with van der Waals surface area (Å²) in [7, 11) is 3.14. The summed E-state index contributed by atoms with van der Waals surface area (Å²) in [6.45, 7) is 0.341. The van der Waals surface area contributed by atoms with Crippen molar-refractivity contribution in [3.8, 4) is 45.4 Å². The SMILES string of the molecule is COc1ccc(-c2cnc(N)nc2-c2ccc(OCc3ccc(Cl)cc3)cc2O)cc1OC. The molecule has 0 fully saturated rings. The third-order valence-electron chi connectivity index (χ3n) is 5.05. The number of halogens is 1. The van der Waals surface area contributed by atoms with Gasteiger partial charge in [0.1, 0.15) is 18.1 Å². The van der Waals surface area contributed by atoms with E-state index in [0.717, 1.165) is 11.1 Å². The van der Waals surface area contributed by atoms with E-state index in [9.17, 15) is 5.11 Å². The first-order valence-electron chi connectivity index (χ1n) is 10.0. The Bertz CT molecular complexity index is 1280. The molecular weight excluding hydrogens is 442 g/mol. The quantitative estimate of drug-likeness (QED) is 0.381. The predicted octanol–water partition coefficient (Wildman–Crippen LogP) is 5.35. The number of methoxy groups -OCH3 is 2. The molecule has 3 N–H and O–H groups in total. The summed E-state index contributed by atoms with van der Waals surface area (Å²) in [5.41, 5.74) is 9.26. The topological polar surface area (TPSA) is 99.7 Å². The molecule has 4 rings (SSSR count). The molecule has 0 aliphatic heterocycles. The maximum Gasteiger partial charge on any atom is 0.220 e. The van der Waals surface area contributed by atoms with Gasteiger partial charge in [0.25, 0.3) is 0 Å². The average molecular weight is 464 g/mol. The average Bonchev–Trinajstić information content (AvgIpc) is 2.83. The van der Waals surface area contributed by atoms with Gasteiger partial charge in [-0.3, -0.25) is 0 Å². The van der Waals surface area contributed by atoms with Gasteiger partial charge in [0.05, 0.1) is 19.9 Å². The van der Waals surface area contributed by atoms with Crippen LogP contribution in [-0.2, 0) is 6.61 Å². The summed E-state index contributed by atoms with van der Waals surface area (Å²) in [5.74, 6) is 1.78. The number of rotatable bonds is 7. The molecule has 0 aliphatic carbocycles. The van der Waals surface area contributed by atoms with Crippen LogP contribution in [0, 0.1) is 0 Å². The molecule has 0 bridgehead atoms. The number of phenolic OH excluding ortho intramolecular Hbond substituents is 1. The van der Waals surface area contributed by atoms with Gasteiger partial charge in [0, 0.05) is 28.4 Å². The zero-order valence-corrected chi connectivity index (χ0v) is 18.8. The molecule has 0 saturated heterocycles. The van der Waals surface area contributed by atoms with E-state index in [2.05, 4.69) is 9.97 Å². The normalized spacial score (nSPS) is 10.6. The molecule has 0 amide bonds. The molecule has 0 unspecified atom stereocenters. The Hall–Kier alpha value is -3.97. The smallest absolute Gasteiger partial charge is 0.220 e. The largest absolute Gasteiger partial charge is 0.507 e. The van der Waals surface area contributed by atoms with Crippen LogP contribution in [0.4, 0.5) is 5.95 Å². The maximum atomic E-state index is 10.8. The van der Waals surface area contributed by atoms with Crippen LogP contribution in [0.15, 0.2) is 66.9 Å². The molecule has 4 aromatic rings. The Balaban J connectivity index is 1.66. The molecule has 1 heterocycles. The summed E-state index contributed by atoms with van der Waals surface area (Å²) < 4.78 is 16.5. The maximum absolute atomic E-state index is 10.8. The van der Waals surface area contributed by atoms with E-state index in [0.29, 0.717) is 45.7 Å². The van der Waals surface area contributed by atoms with E-state index in [1.54, 1.807) is 56.8 Å². The minimum atomic E-state index is 0.00318. The first kappa shape index (κ1) is 22.2. The molecule has 3 aromatic carbocycles. The summed E-state index contributed by atoms with van der Waals surface area (Å²) in [6, 6.07) is 17.9. The monoisotopic (exact) mass is 463 g/mol. The fourth-order valence-corrected chi connectivity index (χ4v) is 3.49. The Morgan fingerprint density at radius 3 is 2.36 bits per heavy atom. The number of benzene rings is 3. The number of nitrogen functional groups attached to an aromatic ring is 1. The number of hydrogen-bond acceptors (Lipinski definition) is 7. The highest BCUT2D eigenvalue weighted by Gasteiger charge is 2.17. The van der Waals surface area contributed by atoms with Crippen LogP contribution in [0.3, 0.4) is 0 Å². The van der Waals surface area contributed by atoms with E-state index in [4.69, 9.17) is 31.5 Å². The molecule has 7 nitrogen and oxygen atoms in total. The van der Waals surface area contributed by atoms with E-state index in [1.807, 2.05) is 24.3 Å². The lowest BCUT2D eigenvalue weighted by Crippen LogP contribution is -2.00. The van der Waals surface area contributed by atoms with Crippen LogP contribution >= 0.6 is 11.6 Å². The fourth-order valence-electron chi connectivity index (χ4n) is 3.36. The van der Waals surface area contributed by atoms with Crippen molar-refractivity contribution in [2.75, 3.05) is 20.0 Å². The molecule has 0 atom stereocenters. The van der Waals surface area contributed by atoms with E-state index >= 15 is 0 Å². The lowest BCUT2D eigenvalue weighted by Gasteiger charge is -2.14. The summed E-state index contributed by atoms with van der Waals surface area (Å²) in [6.07, 6.45) is 1.61. The number of nitrogens with zero attached hydrogens (tertiary/aromatic N) is 2. The Morgan fingerprint density at radius 1 is 0.909 bits per heavy atom. The highest BCUT2D eigenvalue weighted by molar-refractivity contribution is 6.30. The van der Waals surface area contributed by atoms with Crippen LogP contribution in [0.25, 0.3) is 22.4 Å². The van der Waals surface area contributed by atoms with Crippen LogP contribution in [0.2, 0.25) is 5.02 Å². The van der Waals surface area contributed by atoms with Crippen molar-refractivity contribution >= 4 is 17.5 Å². The van der Waals surface area contributed by atoms with Gasteiger partial charge < -0.3 is 25.1 Å². The van der Waals surface area contributed by atoms with Gasteiger partial charge in [-0.2, -0.15) is 0 Å². The number of ether oxygens (including phenoxy) is 3. The van der Waals surface area contributed by atoms with Crippen molar-refractivity contribution in [3.63, 3.8) is 0 Å². The number of hydrogen-bond donors (Lipinski definition) is 2. The highest BCUT2D eigenvalue weighted by atomic mass is 35.5. The van der Waals surface area contributed by atoms with E-state index in [-0.39, 0.29) is 11.7 Å². The molecule has 33 heavy (non-hydrogen) atoms.